The zero-order valence-corrected chi connectivity index (χ0v) is 14.9. The Kier molecular flexibility index (Phi) is 5.63. The molecule has 3 atom stereocenters. The van der Waals surface area contributed by atoms with Gasteiger partial charge < -0.3 is 10.5 Å². The van der Waals surface area contributed by atoms with E-state index in [0.717, 1.165) is 25.1 Å². The molecule has 0 bridgehead atoms. The summed E-state index contributed by atoms with van der Waals surface area (Å²) in [6.07, 6.45) is 1.87. The van der Waals surface area contributed by atoms with Crippen molar-refractivity contribution < 1.29 is 13.2 Å². The zero-order valence-electron chi connectivity index (χ0n) is 13.2. The number of ether oxygens (including phenoxy) is 1. The first kappa shape index (κ1) is 17.5. The highest BCUT2D eigenvalue weighted by molar-refractivity contribution is 8.01. The summed E-state index contributed by atoms with van der Waals surface area (Å²) in [5, 5.41) is -0.401. The Bertz CT molecular complexity index is 445. The van der Waals surface area contributed by atoms with Crippen LogP contribution in [0.1, 0.15) is 33.6 Å². The van der Waals surface area contributed by atoms with E-state index in [1.807, 2.05) is 0 Å². The molecule has 2 rings (SSSR count). The largest absolute Gasteiger partial charge is 0.375 e. The fourth-order valence-electron chi connectivity index (χ4n) is 3.78. The standard InChI is InChI=1S/C14H28N2O3S2/c1-4-21(17,18)13-9-20-6-5-16(13)14(10-15)7-11(2)19-12(3)8-14/h11-13H,4-10,15H2,1-3H3. The SMILES string of the molecule is CCS(=O)(=O)C1CSCCN1C1(CN)CC(C)OC(C)C1. The maximum atomic E-state index is 12.5. The van der Waals surface area contributed by atoms with E-state index in [9.17, 15) is 8.42 Å². The Balaban J connectivity index is 2.33. The molecule has 124 valence electrons. The van der Waals surface area contributed by atoms with E-state index in [4.69, 9.17) is 10.5 Å². The van der Waals surface area contributed by atoms with Crippen LogP contribution < -0.4 is 5.73 Å². The molecule has 0 aromatic carbocycles. The molecule has 21 heavy (non-hydrogen) atoms. The van der Waals surface area contributed by atoms with Gasteiger partial charge in [-0.1, -0.05) is 6.92 Å². The predicted octanol–water partition coefficient (Wildman–Crippen LogP) is 1.08. The van der Waals surface area contributed by atoms with Crippen molar-refractivity contribution in [2.75, 3.05) is 30.3 Å². The summed E-state index contributed by atoms with van der Waals surface area (Å²) >= 11 is 1.73. The lowest BCUT2D eigenvalue weighted by atomic mass is 9.82. The van der Waals surface area contributed by atoms with Crippen molar-refractivity contribution in [1.82, 2.24) is 4.90 Å². The van der Waals surface area contributed by atoms with Gasteiger partial charge in [-0.3, -0.25) is 4.90 Å². The quantitative estimate of drug-likeness (QED) is 0.828. The highest BCUT2D eigenvalue weighted by atomic mass is 32.2. The van der Waals surface area contributed by atoms with Gasteiger partial charge in [-0.2, -0.15) is 11.8 Å². The minimum atomic E-state index is -3.09. The molecule has 2 aliphatic rings. The highest BCUT2D eigenvalue weighted by Gasteiger charge is 2.48. The molecule has 2 fully saturated rings. The van der Waals surface area contributed by atoms with Crippen LogP contribution in [0.2, 0.25) is 0 Å². The van der Waals surface area contributed by atoms with E-state index in [1.54, 1.807) is 18.7 Å². The van der Waals surface area contributed by atoms with Gasteiger partial charge in [0, 0.05) is 35.9 Å². The van der Waals surface area contributed by atoms with Crippen molar-refractivity contribution in [3.63, 3.8) is 0 Å². The average Bonchev–Trinajstić information content (AvgIpc) is 2.46. The van der Waals surface area contributed by atoms with Crippen LogP contribution in [0, 0.1) is 0 Å². The summed E-state index contributed by atoms with van der Waals surface area (Å²) in [5.74, 6) is 1.82. The van der Waals surface area contributed by atoms with Crippen LogP contribution in [0.4, 0.5) is 0 Å². The van der Waals surface area contributed by atoms with E-state index in [2.05, 4.69) is 18.7 Å². The molecule has 0 amide bonds. The number of nitrogens with zero attached hydrogens (tertiary/aromatic N) is 1. The van der Waals surface area contributed by atoms with E-state index < -0.39 is 15.2 Å². The Morgan fingerprint density at radius 1 is 1.33 bits per heavy atom. The Morgan fingerprint density at radius 2 is 1.95 bits per heavy atom. The minimum Gasteiger partial charge on any atom is -0.375 e. The van der Waals surface area contributed by atoms with Gasteiger partial charge in [0.05, 0.1) is 12.2 Å². The van der Waals surface area contributed by atoms with Gasteiger partial charge in [-0.15, -0.1) is 0 Å². The summed E-state index contributed by atoms with van der Waals surface area (Å²) in [6.45, 7) is 7.14. The molecule has 5 nitrogen and oxygen atoms in total. The number of sulfone groups is 1. The van der Waals surface area contributed by atoms with Crippen LogP contribution in [0.25, 0.3) is 0 Å². The topological polar surface area (TPSA) is 72.6 Å². The van der Waals surface area contributed by atoms with E-state index >= 15 is 0 Å². The number of nitrogens with two attached hydrogens (primary N) is 1. The lowest BCUT2D eigenvalue weighted by molar-refractivity contribution is -0.104. The summed E-state index contributed by atoms with van der Waals surface area (Å²) in [4.78, 5) is 2.19. The van der Waals surface area contributed by atoms with Gasteiger partial charge in [0.25, 0.3) is 0 Å². The van der Waals surface area contributed by atoms with Crippen LogP contribution in [0.5, 0.6) is 0 Å². The first-order chi connectivity index (χ1) is 9.84. The van der Waals surface area contributed by atoms with Crippen LogP contribution in [-0.4, -0.2) is 66.8 Å². The lowest BCUT2D eigenvalue weighted by Gasteiger charge is -2.53. The molecule has 2 saturated heterocycles. The smallest absolute Gasteiger partial charge is 0.166 e. The fraction of sp³-hybridized carbons (Fsp3) is 1.00. The van der Waals surface area contributed by atoms with Crippen molar-refractivity contribution in [3.8, 4) is 0 Å². The van der Waals surface area contributed by atoms with Crippen molar-refractivity contribution in [2.24, 2.45) is 5.73 Å². The Labute approximate surface area is 132 Å². The minimum absolute atomic E-state index is 0.122. The molecule has 0 aromatic rings. The molecule has 7 heteroatoms. The second-order valence-electron chi connectivity index (χ2n) is 6.27. The first-order valence-electron chi connectivity index (χ1n) is 7.76. The third-order valence-corrected chi connectivity index (χ3v) is 7.98. The second kappa shape index (κ2) is 6.74. The van der Waals surface area contributed by atoms with Gasteiger partial charge in [0.1, 0.15) is 5.37 Å². The first-order valence-corrected chi connectivity index (χ1v) is 10.6. The zero-order chi connectivity index (χ0) is 15.7. The lowest BCUT2D eigenvalue weighted by Crippen LogP contribution is -2.66. The number of thioether (sulfide) groups is 1. The fourth-order valence-corrected chi connectivity index (χ4v) is 6.87. The van der Waals surface area contributed by atoms with Gasteiger partial charge in [0.2, 0.25) is 0 Å². The van der Waals surface area contributed by atoms with Crippen molar-refractivity contribution in [1.29, 1.82) is 0 Å². The third-order valence-electron chi connectivity index (χ3n) is 4.69. The van der Waals surface area contributed by atoms with Gasteiger partial charge in [0.15, 0.2) is 9.84 Å². The molecule has 0 aromatic heterocycles. The van der Waals surface area contributed by atoms with E-state index in [1.165, 1.54) is 0 Å². The summed E-state index contributed by atoms with van der Waals surface area (Å²) in [5.41, 5.74) is 5.90. The van der Waals surface area contributed by atoms with Crippen LogP contribution in [0.3, 0.4) is 0 Å². The molecule has 0 saturated carbocycles. The predicted molar refractivity (Wildman–Crippen MR) is 88.3 cm³/mol. The molecule has 2 N–H and O–H groups in total. The highest BCUT2D eigenvalue weighted by Crippen LogP contribution is 2.38. The number of hydrogen-bond acceptors (Lipinski definition) is 6. The van der Waals surface area contributed by atoms with Gasteiger partial charge in [-0.05, 0) is 26.7 Å². The molecule has 2 heterocycles. The van der Waals surface area contributed by atoms with Crippen molar-refractivity contribution in [3.05, 3.63) is 0 Å². The van der Waals surface area contributed by atoms with Crippen LogP contribution >= 0.6 is 11.8 Å². The van der Waals surface area contributed by atoms with Crippen molar-refractivity contribution in [2.45, 2.75) is 56.7 Å². The molecule has 0 spiro atoms. The van der Waals surface area contributed by atoms with E-state index in [0.29, 0.717) is 12.3 Å². The monoisotopic (exact) mass is 336 g/mol. The second-order valence-corrected chi connectivity index (χ2v) is 9.87. The van der Waals surface area contributed by atoms with Crippen LogP contribution in [0.15, 0.2) is 0 Å². The Hall–Kier alpha value is 0.180. The molecule has 2 aliphatic heterocycles. The molecular formula is C14H28N2O3S2. The maximum Gasteiger partial charge on any atom is 0.166 e. The van der Waals surface area contributed by atoms with Crippen LogP contribution in [-0.2, 0) is 14.6 Å². The summed E-state index contributed by atoms with van der Waals surface area (Å²) in [7, 11) is -3.09. The number of rotatable bonds is 4. The van der Waals surface area contributed by atoms with Gasteiger partial charge in [-0.25, -0.2) is 8.42 Å². The number of hydrogen-bond donors (Lipinski definition) is 1. The van der Waals surface area contributed by atoms with E-state index in [-0.39, 0.29) is 23.5 Å². The van der Waals surface area contributed by atoms with Crippen molar-refractivity contribution >= 4 is 21.6 Å². The molecular weight excluding hydrogens is 308 g/mol. The van der Waals surface area contributed by atoms with Gasteiger partial charge >= 0.3 is 0 Å². The third kappa shape index (κ3) is 3.58. The normalized spacial score (nSPS) is 39.3. The summed E-state index contributed by atoms with van der Waals surface area (Å²) in [6, 6.07) is 0. The molecule has 0 radical (unpaired) electrons. The molecule has 3 unspecified atom stereocenters. The summed E-state index contributed by atoms with van der Waals surface area (Å²) < 4.78 is 30.8. The average molecular weight is 337 g/mol. The molecule has 0 aliphatic carbocycles. The maximum absolute atomic E-state index is 12.5. The Morgan fingerprint density at radius 3 is 2.48 bits per heavy atom.